The molecule has 0 aliphatic heterocycles. The van der Waals surface area contributed by atoms with Crippen LogP contribution in [0, 0.1) is 5.82 Å². The average molecular weight is 368 g/mol. The van der Waals surface area contributed by atoms with E-state index in [0.717, 1.165) is 5.56 Å². The van der Waals surface area contributed by atoms with Gasteiger partial charge in [-0.05, 0) is 35.9 Å². The number of aromatic amines is 1. The number of nitrogens with two attached hydrogens (primary N) is 1. The van der Waals surface area contributed by atoms with Gasteiger partial charge in [0.05, 0.1) is 35.8 Å². The zero-order valence-electron chi connectivity index (χ0n) is 14.5. The van der Waals surface area contributed by atoms with Gasteiger partial charge < -0.3 is 15.8 Å². The standard InChI is InChI=1S/C19H17FN4O3/c1-27-18-13(19(26)22-10-16(21)25)7-9-15-17(18)14(23-24-15)8-4-11-2-5-12(20)6-3-11/h2-9H,10H2,1H3,(H2,21,25)(H,22,26)(H,23,24). The monoisotopic (exact) mass is 368 g/mol. The van der Waals surface area contributed by atoms with E-state index in [-0.39, 0.29) is 17.9 Å². The summed E-state index contributed by atoms with van der Waals surface area (Å²) in [6.45, 7) is -0.275. The molecule has 0 unspecified atom stereocenters. The van der Waals surface area contributed by atoms with Gasteiger partial charge in [0.2, 0.25) is 5.91 Å². The summed E-state index contributed by atoms with van der Waals surface area (Å²) in [5.41, 5.74) is 7.34. The van der Waals surface area contributed by atoms with E-state index in [1.807, 2.05) is 0 Å². The van der Waals surface area contributed by atoms with Gasteiger partial charge in [-0.2, -0.15) is 5.10 Å². The summed E-state index contributed by atoms with van der Waals surface area (Å²) in [7, 11) is 1.44. The second-order valence-corrected chi connectivity index (χ2v) is 5.71. The van der Waals surface area contributed by atoms with Gasteiger partial charge in [0.25, 0.3) is 5.91 Å². The molecule has 2 amide bonds. The van der Waals surface area contributed by atoms with Crippen LogP contribution in [0.2, 0.25) is 0 Å². The van der Waals surface area contributed by atoms with Gasteiger partial charge in [0.15, 0.2) is 0 Å². The number of halogens is 1. The minimum absolute atomic E-state index is 0.254. The third-order valence-electron chi connectivity index (χ3n) is 3.89. The van der Waals surface area contributed by atoms with Crippen LogP contribution in [0.5, 0.6) is 5.75 Å². The topological polar surface area (TPSA) is 110 Å². The summed E-state index contributed by atoms with van der Waals surface area (Å²) in [6, 6.07) is 9.28. The number of hydrogen-bond acceptors (Lipinski definition) is 4. The number of amides is 2. The van der Waals surface area contributed by atoms with E-state index >= 15 is 0 Å². The number of nitrogens with one attached hydrogen (secondary N) is 2. The van der Waals surface area contributed by atoms with Crippen LogP contribution in [0.25, 0.3) is 23.1 Å². The van der Waals surface area contributed by atoms with Crippen molar-refractivity contribution >= 4 is 34.9 Å². The van der Waals surface area contributed by atoms with E-state index in [0.29, 0.717) is 22.3 Å². The van der Waals surface area contributed by atoms with E-state index in [1.165, 1.54) is 19.2 Å². The number of carbonyl (C=O) groups excluding carboxylic acids is 2. The number of methoxy groups -OCH3 is 1. The number of primary amides is 1. The number of rotatable bonds is 6. The molecule has 138 valence electrons. The zero-order chi connectivity index (χ0) is 19.4. The molecule has 3 rings (SSSR count). The Balaban J connectivity index is 1.99. The lowest BCUT2D eigenvalue weighted by atomic mass is 10.1. The Morgan fingerprint density at radius 3 is 2.63 bits per heavy atom. The molecule has 0 saturated carbocycles. The molecule has 8 heteroatoms. The lowest BCUT2D eigenvalue weighted by Crippen LogP contribution is -2.33. The van der Waals surface area contributed by atoms with Crippen molar-refractivity contribution in [2.75, 3.05) is 13.7 Å². The van der Waals surface area contributed by atoms with Crippen LogP contribution in [0.1, 0.15) is 21.6 Å². The van der Waals surface area contributed by atoms with Crippen LogP contribution in [0.15, 0.2) is 36.4 Å². The van der Waals surface area contributed by atoms with Crippen molar-refractivity contribution < 1.29 is 18.7 Å². The molecule has 1 heterocycles. The number of H-pyrrole nitrogens is 1. The SMILES string of the molecule is COc1c(C(=O)NCC(N)=O)ccc2[nH]nc(C=Cc3ccc(F)cc3)c12. The van der Waals surface area contributed by atoms with E-state index < -0.39 is 11.8 Å². The molecule has 1 aromatic heterocycles. The Hall–Kier alpha value is -3.68. The van der Waals surface area contributed by atoms with Gasteiger partial charge in [-0.1, -0.05) is 18.2 Å². The predicted molar refractivity (Wildman–Crippen MR) is 99.5 cm³/mol. The summed E-state index contributed by atoms with van der Waals surface area (Å²) < 4.78 is 18.4. The molecule has 0 saturated heterocycles. The number of carbonyl (C=O) groups is 2. The van der Waals surface area contributed by atoms with Crippen molar-refractivity contribution in [3.63, 3.8) is 0 Å². The summed E-state index contributed by atoms with van der Waals surface area (Å²) in [4.78, 5) is 23.2. The van der Waals surface area contributed by atoms with Gasteiger partial charge in [-0.15, -0.1) is 0 Å². The lowest BCUT2D eigenvalue weighted by molar-refractivity contribution is -0.117. The molecular weight excluding hydrogens is 351 g/mol. The van der Waals surface area contributed by atoms with Gasteiger partial charge >= 0.3 is 0 Å². The van der Waals surface area contributed by atoms with Crippen molar-refractivity contribution in [3.05, 3.63) is 59.0 Å². The molecule has 27 heavy (non-hydrogen) atoms. The van der Waals surface area contributed by atoms with Crippen LogP contribution in [-0.2, 0) is 4.79 Å². The lowest BCUT2D eigenvalue weighted by Gasteiger charge is -2.10. The normalized spacial score (nSPS) is 11.0. The highest BCUT2D eigenvalue weighted by Crippen LogP contribution is 2.32. The first-order valence-electron chi connectivity index (χ1n) is 8.05. The van der Waals surface area contributed by atoms with E-state index in [1.54, 1.807) is 36.4 Å². The van der Waals surface area contributed by atoms with Gasteiger partial charge in [-0.3, -0.25) is 14.7 Å². The third-order valence-corrected chi connectivity index (χ3v) is 3.89. The Kier molecular flexibility index (Phi) is 5.16. The number of fused-ring (bicyclic) bond motifs is 1. The highest BCUT2D eigenvalue weighted by molar-refractivity contribution is 6.06. The molecule has 3 aromatic rings. The zero-order valence-corrected chi connectivity index (χ0v) is 14.5. The maximum Gasteiger partial charge on any atom is 0.255 e. The second-order valence-electron chi connectivity index (χ2n) is 5.71. The molecule has 0 aliphatic rings. The molecule has 4 N–H and O–H groups in total. The number of nitrogens with zero attached hydrogens (tertiary/aromatic N) is 1. The molecule has 0 atom stereocenters. The van der Waals surface area contributed by atoms with Gasteiger partial charge in [0, 0.05) is 0 Å². The minimum atomic E-state index is -0.644. The molecular formula is C19H17FN4O3. The maximum absolute atomic E-state index is 13.0. The van der Waals surface area contributed by atoms with Crippen LogP contribution in [0.3, 0.4) is 0 Å². The molecule has 0 radical (unpaired) electrons. The van der Waals surface area contributed by atoms with Crippen LogP contribution >= 0.6 is 0 Å². The van der Waals surface area contributed by atoms with Crippen molar-refractivity contribution in [3.8, 4) is 5.75 Å². The summed E-state index contributed by atoms with van der Waals surface area (Å²) >= 11 is 0. The van der Waals surface area contributed by atoms with E-state index in [2.05, 4.69) is 15.5 Å². The van der Waals surface area contributed by atoms with Crippen LogP contribution < -0.4 is 15.8 Å². The van der Waals surface area contributed by atoms with Crippen LogP contribution in [-0.4, -0.2) is 35.7 Å². The van der Waals surface area contributed by atoms with Crippen molar-refractivity contribution in [1.29, 1.82) is 0 Å². The molecule has 7 nitrogen and oxygen atoms in total. The third kappa shape index (κ3) is 3.95. The molecule has 2 aromatic carbocycles. The van der Waals surface area contributed by atoms with Crippen molar-refractivity contribution in [1.82, 2.24) is 15.5 Å². The Labute approximate surface area is 154 Å². The first-order chi connectivity index (χ1) is 13.0. The average Bonchev–Trinajstić information content (AvgIpc) is 3.08. The Morgan fingerprint density at radius 2 is 1.96 bits per heavy atom. The quantitative estimate of drug-likeness (QED) is 0.619. The molecule has 0 aliphatic carbocycles. The summed E-state index contributed by atoms with van der Waals surface area (Å²) in [5.74, 6) is -1.12. The summed E-state index contributed by atoms with van der Waals surface area (Å²) in [6.07, 6.45) is 3.51. The fourth-order valence-corrected chi connectivity index (χ4v) is 2.63. The Bertz CT molecular complexity index is 1030. The number of aromatic nitrogens is 2. The fraction of sp³-hybridized carbons (Fsp3) is 0.105. The highest BCUT2D eigenvalue weighted by Gasteiger charge is 2.19. The first-order valence-corrected chi connectivity index (χ1v) is 8.05. The highest BCUT2D eigenvalue weighted by atomic mass is 19.1. The first kappa shape index (κ1) is 18.1. The molecule has 0 spiro atoms. The number of benzene rings is 2. The number of ether oxygens (including phenoxy) is 1. The second kappa shape index (κ2) is 7.69. The maximum atomic E-state index is 13.0. The smallest absolute Gasteiger partial charge is 0.255 e. The van der Waals surface area contributed by atoms with Crippen molar-refractivity contribution in [2.45, 2.75) is 0 Å². The number of hydrogen-bond donors (Lipinski definition) is 3. The van der Waals surface area contributed by atoms with Gasteiger partial charge in [0.1, 0.15) is 11.6 Å². The van der Waals surface area contributed by atoms with Gasteiger partial charge in [-0.25, -0.2) is 4.39 Å². The summed E-state index contributed by atoms with van der Waals surface area (Å²) in [5, 5.41) is 10.2. The predicted octanol–water partition coefficient (Wildman–Crippen LogP) is 2.10. The largest absolute Gasteiger partial charge is 0.495 e. The molecule has 0 bridgehead atoms. The fourth-order valence-electron chi connectivity index (χ4n) is 2.63. The van der Waals surface area contributed by atoms with Crippen LogP contribution in [0.4, 0.5) is 4.39 Å². The Morgan fingerprint density at radius 1 is 1.22 bits per heavy atom. The minimum Gasteiger partial charge on any atom is -0.495 e. The van der Waals surface area contributed by atoms with E-state index in [4.69, 9.17) is 10.5 Å². The molecule has 0 fully saturated rings. The van der Waals surface area contributed by atoms with E-state index in [9.17, 15) is 14.0 Å². The van der Waals surface area contributed by atoms with Crippen molar-refractivity contribution in [2.24, 2.45) is 5.73 Å².